The molecule has 1 aromatic carbocycles. The topological polar surface area (TPSA) is 15.3 Å². The average Bonchev–Trinajstić information content (AvgIpc) is 2.97. The average molecular weight is 230 g/mol. The van der Waals surface area contributed by atoms with Crippen LogP contribution >= 0.6 is 0 Å². The fourth-order valence-corrected chi connectivity index (χ4v) is 3.00. The molecule has 1 unspecified atom stereocenters. The van der Waals surface area contributed by atoms with Crippen molar-refractivity contribution in [3.05, 3.63) is 34.9 Å². The summed E-state index contributed by atoms with van der Waals surface area (Å²) in [7, 11) is 0. The van der Waals surface area contributed by atoms with Crippen LogP contribution in [-0.4, -0.2) is 24.0 Å². The first-order valence-electron chi connectivity index (χ1n) is 6.80. The molecule has 92 valence electrons. The summed E-state index contributed by atoms with van der Waals surface area (Å²) in [6, 6.07) is 7.81. The van der Waals surface area contributed by atoms with E-state index in [0.717, 1.165) is 25.6 Å². The van der Waals surface area contributed by atoms with Crippen molar-refractivity contribution < 1.29 is 0 Å². The van der Waals surface area contributed by atoms with E-state index in [4.69, 9.17) is 0 Å². The van der Waals surface area contributed by atoms with Crippen LogP contribution in [-0.2, 0) is 13.1 Å². The lowest BCUT2D eigenvalue weighted by Gasteiger charge is -2.18. The minimum absolute atomic E-state index is 0.652. The van der Waals surface area contributed by atoms with Crippen molar-refractivity contribution in [2.24, 2.45) is 0 Å². The fourth-order valence-electron chi connectivity index (χ4n) is 3.00. The lowest BCUT2D eigenvalue weighted by atomic mass is 9.95. The highest BCUT2D eigenvalue weighted by Gasteiger charge is 2.23. The summed E-state index contributed by atoms with van der Waals surface area (Å²) in [5, 5.41) is 3.46. The summed E-state index contributed by atoms with van der Waals surface area (Å²) in [6.45, 7) is 9.19. The Labute approximate surface area is 104 Å². The smallest absolute Gasteiger partial charge is 0.0243 e. The Morgan fingerprint density at radius 3 is 2.76 bits per heavy atom. The molecule has 3 rings (SSSR count). The van der Waals surface area contributed by atoms with Crippen LogP contribution in [0.4, 0.5) is 0 Å². The SMILES string of the molecule is CC(C)N1Cc2ccc(C3CCNC3)cc2C1. The van der Waals surface area contributed by atoms with Gasteiger partial charge in [-0.15, -0.1) is 0 Å². The van der Waals surface area contributed by atoms with Gasteiger partial charge in [0.1, 0.15) is 0 Å². The van der Waals surface area contributed by atoms with E-state index >= 15 is 0 Å². The first-order valence-corrected chi connectivity index (χ1v) is 6.80. The molecule has 0 saturated carbocycles. The Kier molecular flexibility index (Phi) is 2.93. The third-order valence-corrected chi connectivity index (χ3v) is 4.24. The predicted molar refractivity (Wildman–Crippen MR) is 71.1 cm³/mol. The van der Waals surface area contributed by atoms with Gasteiger partial charge in [0.2, 0.25) is 0 Å². The van der Waals surface area contributed by atoms with Crippen LogP contribution in [0.5, 0.6) is 0 Å². The van der Waals surface area contributed by atoms with Gasteiger partial charge < -0.3 is 5.32 Å². The van der Waals surface area contributed by atoms with Gasteiger partial charge in [-0.05, 0) is 49.4 Å². The standard InChI is InChI=1S/C15H22N2/c1-11(2)17-9-14-4-3-12(7-15(14)10-17)13-5-6-16-8-13/h3-4,7,11,13,16H,5-6,8-10H2,1-2H3. The third kappa shape index (κ3) is 2.12. The first kappa shape index (κ1) is 11.2. The first-order chi connectivity index (χ1) is 8.24. The second kappa shape index (κ2) is 4.43. The Morgan fingerprint density at radius 2 is 2.06 bits per heavy atom. The van der Waals surface area contributed by atoms with E-state index in [9.17, 15) is 0 Å². The molecule has 2 heteroatoms. The summed E-state index contributed by atoms with van der Waals surface area (Å²) in [5.74, 6) is 0.744. The van der Waals surface area contributed by atoms with Crippen LogP contribution < -0.4 is 5.32 Å². The summed E-state index contributed by atoms with van der Waals surface area (Å²) < 4.78 is 0. The van der Waals surface area contributed by atoms with Crippen LogP contribution in [0.15, 0.2) is 18.2 Å². The molecule has 1 N–H and O–H groups in total. The number of rotatable bonds is 2. The Balaban J connectivity index is 1.82. The van der Waals surface area contributed by atoms with Gasteiger partial charge in [0, 0.05) is 25.7 Å². The maximum absolute atomic E-state index is 3.46. The summed E-state index contributed by atoms with van der Waals surface area (Å²) in [6.07, 6.45) is 1.30. The van der Waals surface area contributed by atoms with E-state index in [2.05, 4.69) is 42.3 Å². The molecule has 2 aliphatic heterocycles. The van der Waals surface area contributed by atoms with E-state index < -0.39 is 0 Å². The molecular formula is C15H22N2. The molecule has 1 atom stereocenters. The zero-order valence-electron chi connectivity index (χ0n) is 10.9. The molecule has 0 amide bonds. The lowest BCUT2D eigenvalue weighted by Crippen LogP contribution is -2.24. The molecule has 2 heterocycles. The number of hydrogen-bond acceptors (Lipinski definition) is 2. The van der Waals surface area contributed by atoms with Gasteiger partial charge in [-0.1, -0.05) is 18.2 Å². The molecule has 1 fully saturated rings. The monoisotopic (exact) mass is 230 g/mol. The third-order valence-electron chi connectivity index (χ3n) is 4.24. The molecule has 17 heavy (non-hydrogen) atoms. The highest BCUT2D eigenvalue weighted by Crippen LogP contribution is 2.29. The van der Waals surface area contributed by atoms with E-state index in [1.54, 1.807) is 11.1 Å². The molecule has 0 aromatic heterocycles. The number of benzene rings is 1. The zero-order valence-corrected chi connectivity index (χ0v) is 10.9. The lowest BCUT2D eigenvalue weighted by molar-refractivity contribution is 0.227. The van der Waals surface area contributed by atoms with Gasteiger partial charge >= 0.3 is 0 Å². The fraction of sp³-hybridized carbons (Fsp3) is 0.600. The maximum Gasteiger partial charge on any atom is 0.0243 e. The second-order valence-corrected chi connectivity index (χ2v) is 5.72. The summed E-state index contributed by atoms with van der Waals surface area (Å²) >= 11 is 0. The van der Waals surface area contributed by atoms with Gasteiger partial charge in [0.05, 0.1) is 0 Å². The molecule has 0 spiro atoms. The van der Waals surface area contributed by atoms with E-state index in [1.807, 2.05) is 0 Å². The van der Waals surface area contributed by atoms with Crippen molar-refractivity contribution in [3.8, 4) is 0 Å². The molecule has 0 bridgehead atoms. The maximum atomic E-state index is 3.46. The second-order valence-electron chi connectivity index (χ2n) is 5.72. The number of fused-ring (bicyclic) bond motifs is 1. The van der Waals surface area contributed by atoms with E-state index in [-0.39, 0.29) is 0 Å². The van der Waals surface area contributed by atoms with Crippen LogP contribution in [0.1, 0.15) is 42.9 Å². The van der Waals surface area contributed by atoms with Crippen LogP contribution in [0.25, 0.3) is 0 Å². The molecule has 1 saturated heterocycles. The highest BCUT2D eigenvalue weighted by atomic mass is 15.2. The van der Waals surface area contributed by atoms with Gasteiger partial charge in [0.15, 0.2) is 0 Å². The van der Waals surface area contributed by atoms with Crippen LogP contribution in [0.3, 0.4) is 0 Å². The number of hydrogen-bond donors (Lipinski definition) is 1. The van der Waals surface area contributed by atoms with Crippen molar-refractivity contribution in [1.29, 1.82) is 0 Å². The van der Waals surface area contributed by atoms with Crippen molar-refractivity contribution in [2.75, 3.05) is 13.1 Å². The zero-order chi connectivity index (χ0) is 11.8. The molecule has 2 nitrogen and oxygen atoms in total. The number of nitrogens with zero attached hydrogens (tertiary/aromatic N) is 1. The predicted octanol–water partition coefficient (Wildman–Crippen LogP) is 2.49. The minimum atomic E-state index is 0.652. The van der Waals surface area contributed by atoms with Gasteiger partial charge in [0.25, 0.3) is 0 Å². The van der Waals surface area contributed by atoms with Crippen molar-refractivity contribution >= 4 is 0 Å². The Morgan fingerprint density at radius 1 is 1.24 bits per heavy atom. The highest BCUT2D eigenvalue weighted by molar-refractivity contribution is 5.36. The molecule has 1 aromatic rings. The van der Waals surface area contributed by atoms with E-state index in [1.165, 1.54) is 18.5 Å². The van der Waals surface area contributed by atoms with Gasteiger partial charge in [-0.3, -0.25) is 4.90 Å². The molecule has 0 aliphatic carbocycles. The molecular weight excluding hydrogens is 208 g/mol. The van der Waals surface area contributed by atoms with Crippen molar-refractivity contribution in [3.63, 3.8) is 0 Å². The number of nitrogens with one attached hydrogen (secondary N) is 1. The Bertz CT molecular complexity index is 405. The van der Waals surface area contributed by atoms with E-state index in [0.29, 0.717) is 6.04 Å². The summed E-state index contributed by atoms with van der Waals surface area (Å²) in [4.78, 5) is 2.54. The van der Waals surface area contributed by atoms with Crippen molar-refractivity contribution in [2.45, 2.75) is 45.3 Å². The minimum Gasteiger partial charge on any atom is -0.316 e. The molecule has 2 aliphatic rings. The normalized spacial score (nSPS) is 24.5. The van der Waals surface area contributed by atoms with Crippen LogP contribution in [0.2, 0.25) is 0 Å². The molecule has 0 radical (unpaired) electrons. The van der Waals surface area contributed by atoms with Gasteiger partial charge in [-0.25, -0.2) is 0 Å². The van der Waals surface area contributed by atoms with Crippen molar-refractivity contribution in [1.82, 2.24) is 10.2 Å². The van der Waals surface area contributed by atoms with Crippen LogP contribution in [0, 0.1) is 0 Å². The summed E-state index contributed by atoms with van der Waals surface area (Å²) in [5.41, 5.74) is 4.64. The quantitative estimate of drug-likeness (QED) is 0.839. The van der Waals surface area contributed by atoms with Gasteiger partial charge in [-0.2, -0.15) is 0 Å². The largest absolute Gasteiger partial charge is 0.316 e. The Hall–Kier alpha value is -0.860.